The first kappa shape index (κ1) is 17.4. The number of hydrogen-bond acceptors (Lipinski definition) is 7. The lowest BCUT2D eigenvalue weighted by atomic mass is 10.2. The standard InChI is InChI=1S/C14H11ClFN7O3/c15-8-3-7(1-2-9(8)16)20-13(21-25)12-10(22-26-23-12)5-18-14(24)11-4-17-6-19-11/h1-4,6,25H,5H2,(H,17,19)(H,18,24)(H,20,21). The minimum Gasteiger partial charge on any atom is -0.409 e. The smallest absolute Gasteiger partial charge is 0.271 e. The van der Waals surface area contributed by atoms with Gasteiger partial charge in [-0.15, -0.1) is 0 Å². The zero-order chi connectivity index (χ0) is 18.5. The zero-order valence-corrected chi connectivity index (χ0v) is 13.7. The van der Waals surface area contributed by atoms with Crippen LogP contribution in [0.1, 0.15) is 21.9 Å². The second kappa shape index (κ2) is 7.61. The van der Waals surface area contributed by atoms with Crippen LogP contribution in [0.5, 0.6) is 0 Å². The van der Waals surface area contributed by atoms with Crippen molar-refractivity contribution in [3.63, 3.8) is 0 Å². The Morgan fingerprint density at radius 1 is 1.42 bits per heavy atom. The number of rotatable bonds is 5. The van der Waals surface area contributed by atoms with E-state index in [1.165, 1.54) is 24.7 Å². The molecular formula is C14H11ClFN7O3. The molecule has 0 saturated carbocycles. The third-order valence-electron chi connectivity index (χ3n) is 3.21. The Morgan fingerprint density at radius 3 is 2.96 bits per heavy atom. The van der Waals surface area contributed by atoms with Gasteiger partial charge < -0.3 is 20.8 Å². The van der Waals surface area contributed by atoms with Crippen LogP contribution in [0.25, 0.3) is 0 Å². The maximum absolute atomic E-state index is 13.2. The molecule has 0 spiro atoms. The molecule has 0 fully saturated rings. The van der Waals surface area contributed by atoms with Crippen molar-refractivity contribution < 1.29 is 19.0 Å². The van der Waals surface area contributed by atoms with Gasteiger partial charge in [0.2, 0.25) is 5.84 Å². The van der Waals surface area contributed by atoms with E-state index in [-0.39, 0.29) is 34.5 Å². The van der Waals surface area contributed by atoms with Crippen LogP contribution < -0.4 is 10.6 Å². The Bertz CT molecular complexity index is 942. The largest absolute Gasteiger partial charge is 0.409 e. The zero-order valence-electron chi connectivity index (χ0n) is 12.9. The summed E-state index contributed by atoms with van der Waals surface area (Å²) < 4.78 is 17.9. The Hall–Kier alpha value is -3.47. The van der Waals surface area contributed by atoms with E-state index in [1.54, 1.807) is 0 Å². The third-order valence-corrected chi connectivity index (χ3v) is 3.50. The van der Waals surface area contributed by atoms with Gasteiger partial charge in [-0.05, 0) is 23.4 Å². The van der Waals surface area contributed by atoms with E-state index in [0.29, 0.717) is 5.69 Å². The molecule has 2 aromatic heterocycles. The summed E-state index contributed by atoms with van der Waals surface area (Å²) in [4.78, 5) is 18.4. The number of H-pyrrole nitrogens is 1. The summed E-state index contributed by atoms with van der Waals surface area (Å²) >= 11 is 5.71. The number of oxime groups is 1. The molecule has 0 unspecified atom stereocenters. The normalized spacial score (nSPS) is 11.4. The average Bonchev–Trinajstić information content (AvgIpc) is 3.32. The van der Waals surface area contributed by atoms with Crippen molar-refractivity contribution in [2.75, 3.05) is 5.32 Å². The molecule has 0 atom stereocenters. The van der Waals surface area contributed by atoms with Crippen molar-refractivity contribution in [3.8, 4) is 0 Å². The summed E-state index contributed by atoms with van der Waals surface area (Å²) in [6.07, 6.45) is 2.80. The number of carbonyl (C=O) groups is 1. The number of amidine groups is 1. The molecule has 12 heteroatoms. The highest BCUT2D eigenvalue weighted by Crippen LogP contribution is 2.20. The van der Waals surface area contributed by atoms with Gasteiger partial charge in [0.15, 0.2) is 5.69 Å². The van der Waals surface area contributed by atoms with Crippen LogP contribution in [-0.2, 0) is 6.54 Å². The molecule has 4 N–H and O–H groups in total. The number of amides is 1. The molecule has 3 rings (SSSR count). The van der Waals surface area contributed by atoms with Gasteiger partial charge in [0.05, 0.1) is 17.9 Å². The lowest BCUT2D eigenvalue weighted by Gasteiger charge is -2.07. The highest BCUT2D eigenvalue weighted by Gasteiger charge is 2.19. The molecule has 0 aliphatic carbocycles. The van der Waals surface area contributed by atoms with E-state index in [4.69, 9.17) is 11.6 Å². The van der Waals surface area contributed by atoms with Crippen molar-refractivity contribution in [3.05, 3.63) is 58.6 Å². The van der Waals surface area contributed by atoms with Gasteiger partial charge >= 0.3 is 0 Å². The number of benzene rings is 1. The van der Waals surface area contributed by atoms with Gasteiger partial charge in [0.25, 0.3) is 5.91 Å². The van der Waals surface area contributed by atoms with Crippen LogP contribution in [0.15, 0.2) is 40.5 Å². The summed E-state index contributed by atoms with van der Waals surface area (Å²) in [6.45, 7) is -0.0601. The number of aromatic amines is 1. The topological polar surface area (TPSA) is 141 Å². The van der Waals surface area contributed by atoms with Gasteiger partial charge in [-0.2, -0.15) is 0 Å². The van der Waals surface area contributed by atoms with Gasteiger partial charge in [-0.25, -0.2) is 14.0 Å². The highest BCUT2D eigenvalue weighted by atomic mass is 35.5. The molecule has 0 aliphatic rings. The lowest BCUT2D eigenvalue weighted by molar-refractivity contribution is 0.0945. The SMILES string of the molecule is O=C(NCc1nonc1/C(=N/O)Nc1ccc(F)c(Cl)c1)c1c[nH]cn1. The summed E-state index contributed by atoms with van der Waals surface area (Å²) in [5.41, 5.74) is 0.787. The second-order valence-electron chi connectivity index (χ2n) is 4.90. The van der Waals surface area contributed by atoms with E-state index in [2.05, 4.69) is 40.7 Å². The summed E-state index contributed by atoms with van der Waals surface area (Å²) in [6, 6.07) is 3.83. The molecule has 2 heterocycles. The number of hydrogen-bond donors (Lipinski definition) is 4. The highest BCUT2D eigenvalue weighted by molar-refractivity contribution is 6.31. The number of nitrogens with one attached hydrogen (secondary N) is 3. The van der Waals surface area contributed by atoms with E-state index in [9.17, 15) is 14.4 Å². The maximum atomic E-state index is 13.2. The van der Waals surface area contributed by atoms with Crippen molar-refractivity contribution in [1.82, 2.24) is 25.6 Å². The molecule has 1 aromatic carbocycles. The van der Waals surface area contributed by atoms with Crippen LogP contribution in [0.2, 0.25) is 5.02 Å². The average molecular weight is 380 g/mol. The molecule has 0 radical (unpaired) electrons. The number of imidazole rings is 1. The Labute approximate surface area is 150 Å². The molecule has 1 amide bonds. The Balaban J connectivity index is 1.73. The van der Waals surface area contributed by atoms with Crippen molar-refractivity contribution >= 4 is 29.0 Å². The first-order valence-corrected chi connectivity index (χ1v) is 7.49. The predicted octanol–water partition coefficient (Wildman–Crippen LogP) is 1.76. The number of carbonyl (C=O) groups excluding carboxylic acids is 1. The van der Waals surface area contributed by atoms with Crippen LogP contribution >= 0.6 is 11.6 Å². The van der Waals surface area contributed by atoms with E-state index in [1.807, 2.05) is 0 Å². The minimum absolute atomic E-state index is 0.0512. The number of halogens is 2. The molecule has 10 nitrogen and oxygen atoms in total. The molecular weight excluding hydrogens is 369 g/mol. The summed E-state index contributed by atoms with van der Waals surface area (Å²) in [5, 5.41) is 24.8. The Kier molecular flexibility index (Phi) is 5.08. The quantitative estimate of drug-likeness (QED) is 0.229. The molecule has 0 bridgehead atoms. The van der Waals surface area contributed by atoms with Crippen molar-refractivity contribution in [1.29, 1.82) is 0 Å². The number of aromatic nitrogens is 4. The Morgan fingerprint density at radius 2 is 2.27 bits per heavy atom. The predicted molar refractivity (Wildman–Crippen MR) is 87.4 cm³/mol. The summed E-state index contributed by atoms with van der Waals surface area (Å²) in [7, 11) is 0. The van der Waals surface area contributed by atoms with Crippen LogP contribution in [0, 0.1) is 5.82 Å². The fraction of sp³-hybridized carbons (Fsp3) is 0.0714. The van der Waals surface area contributed by atoms with Crippen LogP contribution in [0.3, 0.4) is 0 Å². The molecule has 0 aliphatic heterocycles. The van der Waals surface area contributed by atoms with Gasteiger partial charge in [-0.3, -0.25) is 4.79 Å². The molecule has 3 aromatic rings. The minimum atomic E-state index is -0.593. The fourth-order valence-electron chi connectivity index (χ4n) is 1.98. The number of nitrogens with zero attached hydrogens (tertiary/aromatic N) is 4. The fourth-order valence-corrected chi connectivity index (χ4v) is 2.16. The van der Waals surface area contributed by atoms with E-state index >= 15 is 0 Å². The molecule has 0 saturated heterocycles. The second-order valence-corrected chi connectivity index (χ2v) is 5.31. The van der Waals surface area contributed by atoms with Gasteiger partial charge in [-0.1, -0.05) is 21.9 Å². The molecule has 134 valence electrons. The number of anilines is 1. The first-order valence-electron chi connectivity index (χ1n) is 7.11. The third kappa shape index (κ3) is 3.78. The summed E-state index contributed by atoms with van der Waals surface area (Å²) in [5.74, 6) is -1.16. The van der Waals surface area contributed by atoms with Gasteiger partial charge in [0.1, 0.15) is 17.2 Å². The lowest BCUT2D eigenvalue weighted by Crippen LogP contribution is -2.25. The van der Waals surface area contributed by atoms with E-state index < -0.39 is 11.7 Å². The maximum Gasteiger partial charge on any atom is 0.271 e. The van der Waals surface area contributed by atoms with E-state index in [0.717, 1.165) is 6.07 Å². The van der Waals surface area contributed by atoms with Crippen molar-refractivity contribution in [2.45, 2.75) is 6.54 Å². The van der Waals surface area contributed by atoms with Crippen molar-refractivity contribution in [2.24, 2.45) is 5.16 Å². The monoisotopic (exact) mass is 379 g/mol. The first-order chi connectivity index (χ1) is 12.6. The van der Waals surface area contributed by atoms with Crippen LogP contribution in [0.4, 0.5) is 10.1 Å². The van der Waals surface area contributed by atoms with Gasteiger partial charge in [0, 0.05) is 11.9 Å². The molecule has 26 heavy (non-hydrogen) atoms. The van der Waals surface area contributed by atoms with Crippen LogP contribution in [-0.4, -0.2) is 37.2 Å².